The minimum atomic E-state index is 0.589. The van der Waals surface area contributed by atoms with Gasteiger partial charge in [0.05, 0.1) is 0 Å². The largest absolute Gasteiger partial charge is 0.0836 e. The summed E-state index contributed by atoms with van der Waals surface area (Å²) in [4.78, 5) is 0.589. The van der Waals surface area contributed by atoms with Crippen LogP contribution in [0.4, 0.5) is 0 Å². The van der Waals surface area contributed by atoms with E-state index in [1.807, 2.05) is 0 Å². The van der Waals surface area contributed by atoms with Crippen molar-refractivity contribution < 1.29 is 0 Å². The van der Waals surface area contributed by atoms with Crippen LogP contribution in [0.25, 0.3) is 0 Å². The molecule has 1 aromatic rings. The Kier molecular flexibility index (Phi) is 3.30. The van der Waals surface area contributed by atoms with E-state index in [0.29, 0.717) is 4.83 Å². The van der Waals surface area contributed by atoms with Crippen molar-refractivity contribution in [3.63, 3.8) is 0 Å². The molecule has 0 heterocycles. The van der Waals surface area contributed by atoms with E-state index >= 15 is 0 Å². The summed E-state index contributed by atoms with van der Waals surface area (Å²) in [6.45, 7) is 2.24. The van der Waals surface area contributed by atoms with Crippen LogP contribution in [-0.2, 0) is 6.42 Å². The molecule has 92 valence electrons. The van der Waals surface area contributed by atoms with Gasteiger partial charge in [0.2, 0.25) is 0 Å². The zero-order valence-corrected chi connectivity index (χ0v) is 12.1. The van der Waals surface area contributed by atoms with Crippen LogP contribution in [0.3, 0.4) is 0 Å². The number of benzene rings is 1. The van der Waals surface area contributed by atoms with Crippen molar-refractivity contribution in [3.05, 3.63) is 35.4 Å². The number of hydrogen-bond acceptors (Lipinski definition) is 0. The summed E-state index contributed by atoms with van der Waals surface area (Å²) in [5, 5.41) is 0. The summed E-state index contributed by atoms with van der Waals surface area (Å²) >= 11 is 3.92. The molecule has 2 fully saturated rings. The van der Waals surface area contributed by atoms with E-state index < -0.39 is 0 Å². The molecule has 3 atom stereocenters. The molecule has 17 heavy (non-hydrogen) atoms. The first-order chi connectivity index (χ1) is 8.28. The molecule has 0 aliphatic heterocycles. The smallest absolute Gasteiger partial charge is 0.0423 e. The highest BCUT2D eigenvalue weighted by Gasteiger charge is 2.47. The molecule has 2 aliphatic carbocycles. The second-order valence-electron chi connectivity index (χ2n) is 5.88. The predicted octanol–water partition coefficient (Wildman–Crippen LogP) is 5.12. The minimum Gasteiger partial charge on any atom is -0.0836 e. The summed E-state index contributed by atoms with van der Waals surface area (Å²) < 4.78 is 0. The van der Waals surface area contributed by atoms with Crippen molar-refractivity contribution in [3.8, 4) is 0 Å². The van der Waals surface area contributed by atoms with Gasteiger partial charge in [-0.2, -0.15) is 0 Å². The topological polar surface area (TPSA) is 0 Å². The Morgan fingerprint density at radius 1 is 1.12 bits per heavy atom. The van der Waals surface area contributed by atoms with Gasteiger partial charge in [0.15, 0.2) is 0 Å². The molecule has 0 nitrogen and oxygen atoms in total. The molecule has 3 unspecified atom stereocenters. The van der Waals surface area contributed by atoms with E-state index in [2.05, 4.69) is 47.1 Å². The van der Waals surface area contributed by atoms with Crippen LogP contribution in [0.2, 0.25) is 0 Å². The quantitative estimate of drug-likeness (QED) is 0.676. The lowest BCUT2D eigenvalue weighted by Crippen LogP contribution is -2.05. The lowest BCUT2D eigenvalue weighted by atomic mass is 9.94. The molecule has 0 radical (unpaired) electrons. The number of hydrogen-bond donors (Lipinski definition) is 0. The lowest BCUT2D eigenvalue weighted by molar-refractivity contribution is 0.482. The Hall–Kier alpha value is -0.300. The van der Waals surface area contributed by atoms with Crippen LogP contribution < -0.4 is 0 Å². The van der Waals surface area contributed by atoms with Gasteiger partial charge >= 0.3 is 0 Å². The predicted molar refractivity (Wildman–Crippen MR) is 76.4 cm³/mol. The van der Waals surface area contributed by atoms with Crippen LogP contribution in [0.1, 0.15) is 48.6 Å². The highest BCUT2D eigenvalue weighted by atomic mass is 79.9. The van der Waals surface area contributed by atoms with Crippen LogP contribution in [-0.4, -0.2) is 0 Å². The van der Waals surface area contributed by atoms with E-state index in [1.165, 1.54) is 43.2 Å². The molecular formula is C16H21Br. The van der Waals surface area contributed by atoms with Gasteiger partial charge in [0.25, 0.3) is 0 Å². The fraction of sp³-hybridized carbons (Fsp3) is 0.625. The average molecular weight is 293 g/mol. The van der Waals surface area contributed by atoms with Gasteiger partial charge in [-0.25, -0.2) is 0 Å². The first kappa shape index (κ1) is 11.8. The Balaban J connectivity index is 1.66. The summed E-state index contributed by atoms with van der Waals surface area (Å²) in [7, 11) is 0. The molecule has 1 heteroatoms. The Morgan fingerprint density at radius 2 is 1.76 bits per heavy atom. The van der Waals surface area contributed by atoms with Crippen molar-refractivity contribution in [2.45, 2.75) is 43.9 Å². The minimum absolute atomic E-state index is 0.589. The molecule has 0 saturated heterocycles. The first-order valence-electron chi connectivity index (χ1n) is 7.01. The van der Waals surface area contributed by atoms with E-state index in [4.69, 9.17) is 0 Å². The fourth-order valence-electron chi connectivity index (χ4n) is 3.43. The van der Waals surface area contributed by atoms with Gasteiger partial charge in [-0.3, -0.25) is 0 Å². The van der Waals surface area contributed by atoms with Crippen LogP contribution >= 0.6 is 15.9 Å². The zero-order chi connectivity index (χ0) is 11.8. The van der Waals surface area contributed by atoms with Gasteiger partial charge in [-0.15, -0.1) is 0 Å². The van der Waals surface area contributed by atoms with Gasteiger partial charge < -0.3 is 0 Å². The maximum atomic E-state index is 3.92. The number of aryl methyl sites for hydroxylation is 1. The molecule has 1 aromatic carbocycles. The van der Waals surface area contributed by atoms with Crippen LogP contribution in [0.15, 0.2) is 24.3 Å². The Morgan fingerprint density at radius 3 is 2.35 bits per heavy atom. The number of rotatable bonds is 4. The second kappa shape index (κ2) is 4.76. The summed E-state index contributed by atoms with van der Waals surface area (Å²) in [6.07, 6.45) is 6.88. The second-order valence-corrected chi connectivity index (χ2v) is 6.87. The SMILES string of the molecule is CCCc1ccc(C(Br)C2CC3CC3C2)cc1. The van der Waals surface area contributed by atoms with Gasteiger partial charge in [0, 0.05) is 4.83 Å². The normalized spacial score (nSPS) is 32.2. The van der Waals surface area contributed by atoms with Gasteiger partial charge in [-0.1, -0.05) is 53.5 Å². The number of alkyl halides is 1. The van der Waals surface area contributed by atoms with Crippen molar-refractivity contribution in [2.75, 3.05) is 0 Å². The van der Waals surface area contributed by atoms with Gasteiger partial charge in [-0.05, 0) is 54.6 Å². The average Bonchev–Trinajstić information content (AvgIpc) is 2.97. The monoisotopic (exact) mass is 292 g/mol. The third-order valence-corrected chi connectivity index (χ3v) is 5.81. The molecule has 0 aromatic heterocycles. The standard InChI is InChI=1S/C16H21Br/c1-2-3-11-4-6-12(7-5-11)16(17)15-9-13-8-14(13)10-15/h4-7,13-16H,2-3,8-10H2,1H3. The van der Waals surface area contributed by atoms with E-state index in [1.54, 1.807) is 0 Å². The molecule has 0 N–H and O–H groups in total. The molecule has 0 bridgehead atoms. The third kappa shape index (κ3) is 2.45. The fourth-order valence-corrected chi connectivity index (χ4v) is 4.17. The van der Waals surface area contributed by atoms with Crippen molar-refractivity contribution in [2.24, 2.45) is 17.8 Å². The van der Waals surface area contributed by atoms with E-state index in [0.717, 1.165) is 17.8 Å². The zero-order valence-electron chi connectivity index (χ0n) is 10.5. The molecular weight excluding hydrogens is 272 g/mol. The molecule has 3 rings (SSSR count). The Bertz CT molecular complexity index is 371. The summed E-state index contributed by atoms with van der Waals surface area (Å²) in [5.74, 6) is 3.05. The molecule has 2 saturated carbocycles. The van der Waals surface area contributed by atoms with E-state index in [-0.39, 0.29) is 0 Å². The maximum Gasteiger partial charge on any atom is 0.0423 e. The highest BCUT2D eigenvalue weighted by molar-refractivity contribution is 9.09. The van der Waals surface area contributed by atoms with Gasteiger partial charge in [0.1, 0.15) is 0 Å². The molecule has 2 aliphatic rings. The van der Waals surface area contributed by atoms with Crippen LogP contribution in [0.5, 0.6) is 0 Å². The van der Waals surface area contributed by atoms with Crippen molar-refractivity contribution in [1.82, 2.24) is 0 Å². The molecule has 0 spiro atoms. The molecule has 0 amide bonds. The summed E-state index contributed by atoms with van der Waals surface area (Å²) in [6, 6.07) is 9.27. The van der Waals surface area contributed by atoms with Crippen molar-refractivity contribution in [1.29, 1.82) is 0 Å². The van der Waals surface area contributed by atoms with E-state index in [9.17, 15) is 0 Å². The highest BCUT2D eigenvalue weighted by Crippen LogP contribution is 2.58. The lowest BCUT2D eigenvalue weighted by Gasteiger charge is -2.19. The first-order valence-corrected chi connectivity index (χ1v) is 7.92. The third-order valence-electron chi connectivity index (χ3n) is 4.53. The Labute approximate surface area is 113 Å². The summed E-state index contributed by atoms with van der Waals surface area (Å²) in [5.41, 5.74) is 2.96. The number of fused-ring (bicyclic) bond motifs is 1. The maximum absolute atomic E-state index is 3.92. The van der Waals surface area contributed by atoms with Crippen LogP contribution in [0, 0.1) is 17.8 Å². The van der Waals surface area contributed by atoms with Crippen molar-refractivity contribution >= 4 is 15.9 Å². The number of halogens is 1.